The van der Waals surface area contributed by atoms with Crippen LogP contribution in [0.15, 0.2) is 51.8 Å². The van der Waals surface area contributed by atoms with Crippen LogP contribution in [-0.2, 0) is 10.1 Å². The smallest absolute Gasteiger partial charge is 0.339 e. The Kier molecular flexibility index (Phi) is 4.90. The van der Waals surface area contributed by atoms with E-state index in [-0.39, 0.29) is 10.6 Å². The summed E-state index contributed by atoms with van der Waals surface area (Å²) >= 11 is 3.34. The number of hydrogen-bond acceptors (Lipinski definition) is 4. The van der Waals surface area contributed by atoms with Crippen molar-refractivity contribution in [2.75, 3.05) is 6.61 Å². The van der Waals surface area contributed by atoms with Crippen molar-refractivity contribution < 1.29 is 17.3 Å². The first-order chi connectivity index (χ1) is 9.94. The molecule has 0 spiro atoms. The molecule has 0 heterocycles. The van der Waals surface area contributed by atoms with Crippen LogP contribution >= 0.6 is 15.9 Å². The molecule has 0 saturated heterocycles. The van der Waals surface area contributed by atoms with Gasteiger partial charge < -0.3 is 8.92 Å². The third-order valence-electron chi connectivity index (χ3n) is 2.77. The van der Waals surface area contributed by atoms with E-state index in [9.17, 15) is 8.42 Å². The van der Waals surface area contributed by atoms with Crippen LogP contribution in [0.5, 0.6) is 11.5 Å². The largest absolute Gasteiger partial charge is 0.490 e. The molecule has 0 bridgehead atoms. The monoisotopic (exact) mass is 370 g/mol. The lowest BCUT2D eigenvalue weighted by Crippen LogP contribution is -2.11. The molecule has 21 heavy (non-hydrogen) atoms. The van der Waals surface area contributed by atoms with Crippen LogP contribution in [0.1, 0.15) is 12.5 Å². The van der Waals surface area contributed by atoms with Gasteiger partial charge in [-0.05, 0) is 49.7 Å². The molecule has 0 aliphatic rings. The number of aryl methyl sites for hydroxylation is 1. The molecule has 0 saturated carbocycles. The average Bonchev–Trinajstić information content (AvgIpc) is 2.44. The lowest BCUT2D eigenvalue weighted by molar-refractivity contribution is 0.327. The molecule has 0 radical (unpaired) electrons. The third-order valence-corrected chi connectivity index (χ3v) is 4.89. The highest BCUT2D eigenvalue weighted by molar-refractivity contribution is 9.10. The number of para-hydroxylation sites is 2. The minimum absolute atomic E-state index is 0.106. The predicted molar refractivity (Wildman–Crippen MR) is 84.3 cm³/mol. The maximum atomic E-state index is 12.3. The second-order valence-corrected chi connectivity index (χ2v) is 6.73. The topological polar surface area (TPSA) is 52.6 Å². The van der Waals surface area contributed by atoms with Crippen LogP contribution in [0.4, 0.5) is 0 Å². The van der Waals surface area contributed by atoms with Crippen molar-refractivity contribution in [2.45, 2.75) is 18.7 Å². The highest BCUT2D eigenvalue weighted by atomic mass is 79.9. The normalized spacial score (nSPS) is 11.2. The Labute approximate surface area is 133 Å². The van der Waals surface area contributed by atoms with Crippen LogP contribution < -0.4 is 8.92 Å². The minimum atomic E-state index is -3.89. The fourth-order valence-corrected chi connectivity index (χ4v) is 3.01. The average molecular weight is 371 g/mol. The number of ether oxygens (including phenoxy) is 1. The van der Waals surface area contributed by atoms with Gasteiger partial charge in [-0.2, -0.15) is 8.42 Å². The minimum Gasteiger partial charge on any atom is -0.490 e. The molecule has 0 amide bonds. The summed E-state index contributed by atoms with van der Waals surface area (Å²) in [7, 11) is -3.89. The molecule has 6 heteroatoms. The van der Waals surface area contributed by atoms with E-state index >= 15 is 0 Å². The zero-order valence-corrected chi connectivity index (χ0v) is 14.1. The highest BCUT2D eigenvalue weighted by Crippen LogP contribution is 2.30. The second kappa shape index (κ2) is 6.49. The standard InChI is InChI=1S/C15H15BrO4S/c1-3-19-14-6-4-5-7-15(14)20-21(17,18)12-8-9-13(16)11(2)10-12/h4-10H,3H2,1-2H3. The molecule has 0 unspecified atom stereocenters. The van der Waals surface area contributed by atoms with Crippen LogP contribution in [-0.4, -0.2) is 15.0 Å². The summed E-state index contributed by atoms with van der Waals surface area (Å²) < 4.78 is 36.1. The third kappa shape index (κ3) is 3.77. The first-order valence-corrected chi connectivity index (χ1v) is 8.56. The Bertz CT molecular complexity index is 741. The van der Waals surface area contributed by atoms with Gasteiger partial charge in [0.15, 0.2) is 11.5 Å². The molecule has 2 aromatic carbocycles. The predicted octanol–water partition coefficient (Wildman–Crippen LogP) is 3.92. The fourth-order valence-electron chi connectivity index (χ4n) is 1.73. The molecule has 0 N–H and O–H groups in total. The van der Waals surface area contributed by atoms with Gasteiger partial charge in [0.25, 0.3) is 0 Å². The van der Waals surface area contributed by atoms with Crippen LogP contribution in [0.25, 0.3) is 0 Å². The summed E-state index contributed by atoms with van der Waals surface area (Å²) in [6.07, 6.45) is 0. The Morgan fingerprint density at radius 3 is 2.38 bits per heavy atom. The van der Waals surface area contributed by atoms with E-state index in [1.807, 2.05) is 13.8 Å². The zero-order valence-electron chi connectivity index (χ0n) is 11.7. The lowest BCUT2D eigenvalue weighted by atomic mass is 10.2. The number of halogens is 1. The quantitative estimate of drug-likeness (QED) is 0.748. The van der Waals surface area contributed by atoms with Gasteiger partial charge in [0.2, 0.25) is 0 Å². The van der Waals surface area contributed by atoms with Crippen molar-refractivity contribution >= 4 is 26.0 Å². The molecule has 0 fully saturated rings. The van der Waals surface area contributed by atoms with Crippen LogP contribution in [0, 0.1) is 6.92 Å². The number of benzene rings is 2. The maximum absolute atomic E-state index is 12.3. The molecule has 0 aliphatic heterocycles. The first-order valence-electron chi connectivity index (χ1n) is 6.36. The van der Waals surface area contributed by atoms with Gasteiger partial charge in [-0.15, -0.1) is 0 Å². The van der Waals surface area contributed by atoms with Gasteiger partial charge in [0.05, 0.1) is 6.61 Å². The van der Waals surface area contributed by atoms with E-state index in [4.69, 9.17) is 8.92 Å². The van der Waals surface area contributed by atoms with Crippen molar-refractivity contribution in [3.05, 3.63) is 52.5 Å². The lowest BCUT2D eigenvalue weighted by Gasteiger charge is -2.12. The maximum Gasteiger partial charge on any atom is 0.339 e. The summed E-state index contributed by atoms with van der Waals surface area (Å²) in [5.41, 5.74) is 0.817. The van der Waals surface area contributed by atoms with Gasteiger partial charge in [0.1, 0.15) is 4.90 Å². The SMILES string of the molecule is CCOc1ccccc1OS(=O)(=O)c1ccc(Br)c(C)c1. The fraction of sp³-hybridized carbons (Fsp3) is 0.200. The summed E-state index contributed by atoms with van der Waals surface area (Å²) in [4.78, 5) is 0.106. The van der Waals surface area contributed by atoms with E-state index in [1.165, 1.54) is 6.07 Å². The number of hydrogen-bond donors (Lipinski definition) is 0. The molecule has 0 aliphatic carbocycles. The van der Waals surface area contributed by atoms with E-state index in [2.05, 4.69) is 15.9 Å². The van der Waals surface area contributed by atoms with Gasteiger partial charge in [-0.25, -0.2) is 0 Å². The zero-order chi connectivity index (χ0) is 15.5. The van der Waals surface area contributed by atoms with Crippen LogP contribution in [0.2, 0.25) is 0 Å². The molecule has 0 atom stereocenters. The van der Waals surface area contributed by atoms with Gasteiger partial charge in [-0.3, -0.25) is 0 Å². The Hall–Kier alpha value is -1.53. The van der Waals surface area contributed by atoms with E-state index in [0.717, 1.165) is 10.0 Å². The Morgan fingerprint density at radius 1 is 1.10 bits per heavy atom. The molecule has 4 nitrogen and oxygen atoms in total. The van der Waals surface area contributed by atoms with Crippen molar-refractivity contribution in [3.8, 4) is 11.5 Å². The summed E-state index contributed by atoms with van der Waals surface area (Å²) in [6.45, 7) is 4.07. The summed E-state index contributed by atoms with van der Waals surface area (Å²) in [5, 5.41) is 0. The Balaban J connectivity index is 2.35. The van der Waals surface area contributed by atoms with Crippen LogP contribution in [0.3, 0.4) is 0 Å². The van der Waals surface area contributed by atoms with E-state index in [0.29, 0.717) is 12.4 Å². The molecule has 2 aromatic rings. The van der Waals surface area contributed by atoms with E-state index < -0.39 is 10.1 Å². The van der Waals surface area contributed by atoms with Gasteiger partial charge in [-0.1, -0.05) is 28.1 Å². The molecular formula is C15H15BrO4S. The first kappa shape index (κ1) is 15.9. The van der Waals surface area contributed by atoms with Gasteiger partial charge in [0, 0.05) is 4.47 Å². The highest BCUT2D eigenvalue weighted by Gasteiger charge is 2.19. The van der Waals surface area contributed by atoms with Gasteiger partial charge >= 0.3 is 10.1 Å². The summed E-state index contributed by atoms with van der Waals surface area (Å²) in [6, 6.07) is 11.4. The molecule has 112 valence electrons. The number of rotatable bonds is 5. The second-order valence-electron chi connectivity index (χ2n) is 4.33. The van der Waals surface area contributed by atoms with E-state index in [1.54, 1.807) is 36.4 Å². The van der Waals surface area contributed by atoms with Crippen molar-refractivity contribution in [1.29, 1.82) is 0 Å². The van der Waals surface area contributed by atoms with Crippen molar-refractivity contribution in [3.63, 3.8) is 0 Å². The Morgan fingerprint density at radius 2 is 1.76 bits per heavy atom. The molecular weight excluding hydrogens is 356 g/mol. The molecule has 2 rings (SSSR count). The summed E-state index contributed by atoms with van der Waals surface area (Å²) in [5.74, 6) is 0.581. The van der Waals surface area contributed by atoms with Crippen molar-refractivity contribution in [2.24, 2.45) is 0 Å². The molecule has 0 aromatic heterocycles. The van der Waals surface area contributed by atoms with Crippen molar-refractivity contribution in [1.82, 2.24) is 0 Å².